The minimum atomic E-state index is -3.89. The Morgan fingerprint density at radius 2 is 2.18 bits per heavy atom. The quantitative estimate of drug-likeness (QED) is 0.867. The Bertz CT molecular complexity index is 773. The molecule has 0 amide bonds. The van der Waals surface area contributed by atoms with Gasteiger partial charge in [-0.25, -0.2) is 12.8 Å². The van der Waals surface area contributed by atoms with Gasteiger partial charge in [0.15, 0.2) is 5.76 Å². The van der Waals surface area contributed by atoms with Crippen molar-refractivity contribution in [2.45, 2.75) is 37.1 Å². The summed E-state index contributed by atoms with van der Waals surface area (Å²) in [6, 6.07) is 6.79. The van der Waals surface area contributed by atoms with E-state index >= 15 is 0 Å². The zero-order chi connectivity index (χ0) is 15.7. The SMILES string of the molecule is CCc1cc(C2CCCN2S(=O)(=O)c2ccccc2F)on1. The van der Waals surface area contributed by atoms with E-state index in [0.29, 0.717) is 25.1 Å². The van der Waals surface area contributed by atoms with Crippen molar-refractivity contribution < 1.29 is 17.3 Å². The number of sulfonamides is 1. The zero-order valence-corrected chi connectivity index (χ0v) is 13.0. The number of aromatic nitrogens is 1. The minimum Gasteiger partial charge on any atom is -0.359 e. The van der Waals surface area contributed by atoms with Crippen LogP contribution in [0.3, 0.4) is 0 Å². The fraction of sp³-hybridized carbons (Fsp3) is 0.400. The third-order valence-electron chi connectivity index (χ3n) is 3.89. The molecule has 0 radical (unpaired) electrons. The molecule has 0 spiro atoms. The van der Waals surface area contributed by atoms with E-state index in [0.717, 1.165) is 18.2 Å². The molecule has 1 aliphatic rings. The van der Waals surface area contributed by atoms with Gasteiger partial charge in [-0.05, 0) is 31.4 Å². The van der Waals surface area contributed by atoms with E-state index in [-0.39, 0.29) is 4.90 Å². The smallest absolute Gasteiger partial charge is 0.246 e. The molecular formula is C15H17FN2O3S. The lowest BCUT2D eigenvalue weighted by molar-refractivity contribution is 0.296. The summed E-state index contributed by atoms with van der Waals surface area (Å²) in [6.45, 7) is 2.30. The van der Waals surface area contributed by atoms with Gasteiger partial charge in [0.1, 0.15) is 10.7 Å². The Balaban J connectivity index is 1.97. The normalized spacial score (nSPS) is 19.6. The van der Waals surface area contributed by atoms with Crippen molar-refractivity contribution in [2.24, 2.45) is 0 Å². The van der Waals surface area contributed by atoms with Gasteiger partial charge >= 0.3 is 0 Å². The first-order chi connectivity index (χ1) is 10.5. The lowest BCUT2D eigenvalue weighted by Gasteiger charge is -2.22. The van der Waals surface area contributed by atoms with Crippen molar-refractivity contribution >= 4 is 10.0 Å². The molecule has 1 saturated heterocycles. The van der Waals surface area contributed by atoms with Crippen molar-refractivity contribution in [3.63, 3.8) is 0 Å². The summed E-state index contributed by atoms with van der Waals surface area (Å²) < 4.78 is 46.0. The summed E-state index contributed by atoms with van der Waals surface area (Å²) in [4.78, 5) is -0.294. The lowest BCUT2D eigenvalue weighted by atomic mass is 10.1. The Hall–Kier alpha value is -1.73. The van der Waals surface area contributed by atoms with Crippen LogP contribution in [0, 0.1) is 5.82 Å². The van der Waals surface area contributed by atoms with E-state index in [1.165, 1.54) is 22.5 Å². The number of rotatable bonds is 4. The summed E-state index contributed by atoms with van der Waals surface area (Å²) in [7, 11) is -3.89. The average molecular weight is 324 g/mol. The molecule has 7 heteroatoms. The highest BCUT2D eigenvalue weighted by molar-refractivity contribution is 7.89. The predicted molar refractivity (Wildman–Crippen MR) is 78.1 cm³/mol. The topological polar surface area (TPSA) is 63.4 Å². The van der Waals surface area contributed by atoms with Crippen molar-refractivity contribution in [2.75, 3.05) is 6.54 Å². The molecule has 0 saturated carbocycles. The predicted octanol–water partition coefficient (Wildman–Crippen LogP) is 2.90. The molecule has 1 unspecified atom stereocenters. The third kappa shape index (κ3) is 2.55. The van der Waals surface area contributed by atoms with Gasteiger partial charge in [0.05, 0.1) is 11.7 Å². The minimum absolute atomic E-state index is 0.294. The monoisotopic (exact) mass is 324 g/mol. The average Bonchev–Trinajstić information content (AvgIpc) is 3.16. The van der Waals surface area contributed by atoms with Gasteiger partial charge < -0.3 is 4.52 Å². The molecule has 118 valence electrons. The maximum absolute atomic E-state index is 13.9. The molecule has 1 aliphatic heterocycles. The van der Waals surface area contributed by atoms with E-state index in [2.05, 4.69) is 5.16 Å². The molecular weight excluding hydrogens is 307 g/mol. The van der Waals surface area contributed by atoms with Crippen LogP contribution in [0.5, 0.6) is 0 Å². The van der Waals surface area contributed by atoms with Crippen LogP contribution in [0.2, 0.25) is 0 Å². The van der Waals surface area contributed by atoms with Crippen LogP contribution in [0.1, 0.15) is 37.3 Å². The molecule has 3 rings (SSSR count). The second kappa shape index (κ2) is 5.81. The van der Waals surface area contributed by atoms with E-state index in [1.807, 2.05) is 6.92 Å². The molecule has 5 nitrogen and oxygen atoms in total. The van der Waals surface area contributed by atoms with E-state index in [9.17, 15) is 12.8 Å². The molecule has 22 heavy (non-hydrogen) atoms. The van der Waals surface area contributed by atoms with E-state index in [1.54, 1.807) is 6.07 Å². The molecule has 0 N–H and O–H groups in total. The lowest BCUT2D eigenvalue weighted by Crippen LogP contribution is -2.31. The summed E-state index contributed by atoms with van der Waals surface area (Å²) >= 11 is 0. The molecule has 0 bridgehead atoms. The number of hydrogen-bond donors (Lipinski definition) is 0. The van der Waals surface area contributed by atoms with Crippen LogP contribution in [0.25, 0.3) is 0 Å². The molecule has 0 aliphatic carbocycles. The van der Waals surface area contributed by atoms with Gasteiger partial charge in [-0.3, -0.25) is 0 Å². The van der Waals surface area contributed by atoms with Gasteiger partial charge in [-0.1, -0.05) is 24.2 Å². The molecule has 1 fully saturated rings. The first-order valence-electron chi connectivity index (χ1n) is 7.26. The standard InChI is InChI=1S/C15H17FN2O3S/c1-2-11-10-14(21-17-11)13-7-5-9-18(13)22(19,20)15-8-4-3-6-12(15)16/h3-4,6,8,10,13H,2,5,7,9H2,1H3. The third-order valence-corrected chi connectivity index (χ3v) is 5.84. The van der Waals surface area contributed by atoms with Crippen LogP contribution in [-0.2, 0) is 16.4 Å². The van der Waals surface area contributed by atoms with Gasteiger partial charge in [-0.15, -0.1) is 0 Å². The Kier molecular flexibility index (Phi) is 4.01. The van der Waals surface area contributed by atoms with Crippen molar-refractivity contribution in [1.29, 1.82) is 0 Å². The number of nitrogens with zero attached hydrogens (tertiary/aromatic N) is 2. The van der Waals surface area contributed by atoms with Gasteiger partial charge in [0.2, 0.25) is 10.0 Å². The Labute approximate surface area is 128 Å². The Morgan fingerprint density at radius 3 is 2.86 bits per heavy atom. The van der Waals surface area contributed by atoms with Crippen molar-refractivity contribution in [3.05, 3.63) is 47.6 Å². The van der Waals surface area contributed by atoms with Gasteiger partial charge in [0.25, 0.3) is 0 Å². The van der Waals surface area contributed by atoms with Gasteiger partial charge in [0, 0.05) is 12.6 Å². The maximum atomic E-state index is 13.9. The Morgan fingerprint density at radius 1 is 1.41 bits per heavy atom. The summed E-state index contributed by atoms with van der Waals surface area (Å²) in [6.07, 6.45) is 2.07. The van der Waals surface area contributed by atoms with Crippen LogP contribution >= 0.6 is 0 Å². The molecule has 1 aromatic heterocycles. The zero-order valence-electron chi connectivity index (χ0n) is 12.2. The maximum Gasteiger partial charge on any atom is 0.246 e. The van der Waals surface area contributed by atoms with Crippen LogP contribution < -0.4 is 0 Å². The van der Waals surface area contributed by atoms with E-state index < -0.39 is 21.9 Å². The highest BCUT2D eigenvalue weighted by atomic mass is 32.2. The van der Waals surface area contributed by atoms with Crippen molar-refractivity contribution in [3.8, 4) is 0 Å². The number of halogens is 1. The summed E-state index contributed by atoms with van der Waals surface area (Å²) in [5, 5.41) is 3.92. The summed E-state index contributed by atoms with van der Waals surface area (Å²) in [5.41, 5.74) is 0.783. The van der Waals surface area contributed by atoms with Crippen molar-refractivity contribution in [1.82, 2.24) is 9.46 Å². The first-order valence-corrected chi connectivity index (χ1v) is 8.70. The molecule has 2 heterocycles. The fourth-order valence-corrected chi connectivity index (χ4v) is 4.48. The highest BCUT2D eigenvalue weighted by Gasteiger charge is 2.39. The number of hydrogen-bond acceptors (Lipinski definition) is 4. The van der Waals surface area contributed by atoms with Crippen LogP contribution in [0.15, 0.2) is 39.8 Å². The molecule has 1 aromatic carbocycles. The van der Waals surface area contributed by atoms with E-state index in [4.69, 9.17) is 4.52 Å². The summed E-state index contributed by atoms with van der Waals surface area (Å²) in [5.74, 6) is -0.214. The second-order valence-electron chi connectivity index (χ2n) is 5.28. The molecule has 2 aromatic rings. The van der Waals surface area contributed by atoms with Gasteiger partial charge in [-0.2, -0.15) is 4.31 Å². The largest absolute Gasteiger partial charge is 0.359 e. The second-order valence-corrected chi connectivity index (χ2v) is 7.14. The fourth-order valence-electron chi connectivity index (χ4n) is 2.74. The first kappa shape index (κ1) is 15.2. The number of benzene rings is 1. The molecule has 1 atom stereocenters. The van der Waals surface area contributed by atoms with Crippen LogP contribution in [0.4, 0.5) is 4.39 Å². The van der Waals surface area contributed by atoms with Crippen LogP contribution in [-0.4, -0.2) is 24.4 Å². The highest BCUT2D eigenvalue weighted by Crippen LogP contribution is 2.37. The number of aryl methyl sites for hydroxylation is 1.